The molecule has 0 amide bonds. The average Bonchev–Trinajstić information content (AvgIpc) is 3.27. The maximum Gasteiger partial charge on any atom is 0.129 e. The van der Waals surface area contributed by atoms with Crippen molar-refractivity contribution < 1.29 is 0 Å². The van der Waals surface area contributed by atoms with Crippen molar-refractivity contribution in [1.29, 1.82) is 0 Å². The maximum atomic E-state index is 5.43. The third kappa shape index (κ3) is 9.01. The molecule has 0 saturated carbocycles. The molecule has 0 fully saturated rings. The molecule has 1 aromatic rings. The molecule has 0 spiro atoms. The molecule has 2 aliphatic rings. The molecule has 1 aromatic heterocycles. The number of nitrogens with zero attached hydrogens (tertiary/aromatic N) is 5. The standard InChI is InChI=1S/C6H4N4.C5H4ClN.C5H11Cl/c1-3-7-9-5(1)6-2-4-8-10-6;6-5-3-1-2-4-7-5;1-2-3-4-5-6/h1-4H;1-4H;2-5H2,1H3. The largest absolute Gasteiger partial charge is 0.245 e. The number of aromatic nitrogens is 1. The predicted molar refractivity (Wildman–Crippen MR) is 94.5 cm³/mol. The van der Waals surface area contributed by atoms with Crippen molar-refractivity contribution in [3.8, 4) is 0 Å². The molecular weight excluding hydrogens is 333 g/mol. The molecule has 0 aromatic carbocycles. The van der Waals surface area contributed by atoms with Crippen LogP contribution in [0.1, 0.15) is 26.2 Å². The van der Waals surface area contributed by atoms with Crippen LogP contribution in [0, 0.1) is 0 Å². The van der Waals surface area contributed by atoms with Crippen molar-refractivity contribution >= 4 is 23.2 Å². The summed E-state index contributed by atoms with van der Waals surface area (Å²) < 4.78 is 0. The third-order valence-electron chi connectivity index (χ3n) is 2.56. The van der Waals surface area contributed by atoms with Crippen molar-refractivity contribution in [3.63, 3.8) is 0 Å². The van der Waals surface area contributed by atoms with E-state index in [0.717, 1.165) is 17.3 Å². The first-order chi connectivity index (χ1) is 11.3. The van der Waals surface area contributed by atoms with Gasteiger partial charge in [-0.2, -0.15) is 10.2 Å². The van der Waals surface area contributed by atoms with E-state index in [1.54, 1.807) is 36.8 Å². The van der Waals surface area contributed by atoms with E-state index in [1.807, 2.05) is 12.1 Å². The van der Waals surface area contributed by atoms with E-state index in [-0.39, 0.29) is 0 Å². The summed E-state index contributed by atoms with van der Waals surface area (Å²) in [7, 11) is 0. The fourth-order valence-corrected chi connectivity index (χ4v) is 1.74. The number of allylic oxidation sites excluding steroid dienone is 2. The van der Waals surface area contributed by atoms with Gasteiger partial charge in [-0.1, -0.05) is 37.4 Å². The lowest BCUT2D eigenvalue weighted by atomic mass is 10.3. The van der Waals surface area contributed by atoms with Crippen molar-refractivity contribution in [2.75, 3.05) is 5.88 Å². The highest BCUT2D eigenvalue weighted by Crippen LogP contribution is 2.19. The van der Waals surface area contributed by atoms with Crippen molar-refractivity contribution in [2.24, 2.45) is 20.5 Å². The molecule has 3 rings (SSSR count). The summed E-state index contributed by atoms with van der Waals surface area (Å²) in [6.07, 6.45) is 12.2. The second-order valence-corrected chi connectivity index (χ2v) is 5.15. The first-order valence-electron chi connectivity index (χ1n) is 7.29. The smallest absolute Gasteiger partial charge is 0.129 e. The highest BCUT2D eigenvalue weighted by atomic mass is 35.5. The van der Waals surface area contributed by atoms with Gasteiger partial charge in [0.05, 0.1) is 12.4 Å². The number of hydrogen-bond acceptors (Lipinski definition) is 5. The zero-order chi connectivity index (χ0) is 16.8. The Hall–Kier alpha value is -1.85. The van der Waals surface area contributed by atoms with Gasteiger partial charge >= 0.3 is 0 Å². The number of hydrogen-bond donors (Lipinski definition) is 0. The molecule has 0 bridgehead atoms. The first kappa shape index (κ1) is 19.2. The Morgan fingerprint density at radius 1 is 0.957 bits per heavy atom. The zero-order valence-corrected chi connectivity index (χ0v) is 14.5. The van der Waals surface area contributed by atoms with Gasteiger partial charge in [0, 0.05) is 12.1 Å². The Morgan fingerprint density at radius 2 is 1.61 bits per heavy atom. The summed E-state index contributed by atoms with van der Waals surface area (Å²) >= 11 is 10.8. The molecule has 0 atom stereocenters. The van der Waals surface area contributed by atoms with Gasteiger partial charge in [0.15, 0.2) is 0 Å². The maximum absolute atomic E-state index is 5.43. The molecule has 3 heterocycles. The fraction of sp³-hybridized carbons (Fsp3) is 0.312. The number of alkyl halides is 1. The molecule has 0 saturated heterocycles. The van der Waals surface area contributed by atoms with Gasteiger partial charge < -0.3 is 0 Å². The third-order valence-corrected chi connectivity index (χ3v) is 3.05. The lowest BCUT2D eigenvalue weighted by Crippen LogP contribution is -1.72. The van der Waals surface area contributed by atoms with Crippen LogP contribution in [0.4, 0.5) is 0 Å². The normalized spacial score (nSPS) is 16.8. The molecule has 0 unspecified atom stereocenters. The Balaban J connectivity index is 0.000000181. The summed E-state index contributed by atoms with van der Waals surface area (Å²) in [5, 5.41) is 15.5. The molecule has 23 heavy (non-hydrogen) atoms. The van der Waals surface area contributed by atoms with Gasteiger partial charge in [0.1, 0.15) is 16.5 Å². The highest BCUT2D eigenvalue weighted by Gasteiger charge is 2.04. The molecule has 2 aliphatic heterocycles. The van der Waals surface area contributed by atoms with Crippen LogP contribution in [0.15, 0.2) is 80.8 Å². The average molecular weight is 352 g/mol. The van der Waals surface area contributed by atoms with Crippen molar-refractivity contribution in [1.82, 2.24) is 4.98 Å². The summed E-state index contributed by atoms with van der Waals surface area (Å²) in [4.78, 5) is 3.74. The highest BCUT2D eigenvalue weighted by molar-refractivity contribution is 6.29. The van der Waals surface area contributed by atoms with Crippen LogP contribution in [-0.2, 0) is 0 Å². The second-order valence-electron chi connectivity index (χ2n) is 4.38. The Kier molecular flexibility index (Phi) is 10.6. The first-order valence-corrected chi connectivity index (χ1v) is 8.20. The Labute approximate surface area is 146 Å². The topological polar surface area (TPSA) is 62.3 Å². The molecular formula is C16H19Cl2N5. The van der Waals surface area contributed by atoms with Gasteiger partial charge in [-0.05, 0) is 30.7 Å². The molecule has 7 heteroatoms. The van der Waals surface area contributed by atoms with Gasteiger partial charge in [-0.3, -0.25) is 0 Å². The zero-order valence-electron chi connectivity index (χ0n) is 12.9. The van der Waals surface area contributed by atoms with E-state index in [4.69, 9.17) is 23.2 Å². The van der Waals surface area contributed by atoms with E-state index < -0.39 is 0 Å². The number of pyridine rings is 1. The van der Waals surface area contributed by atoms with Crippen LogP contribution in [0.25, 0.3) is 0 Å². The fourth-order valence-electron chi connectivity index (χ4n) is 1.43. The Bertz CT molecular complexity index is 530. The van der Waals surface area contributed by atoms with Crippen LogP contribution < -0.4 is 0 Å². The van der Waals surface area contributed by atoms with Crippen molar-refractivity contribution in [3.05, 3.63) is 65.5 Å². The summed E-state index contributed by atoms with van der Waals surface area (Å²) in [5.41, 5.74) is 1.55. The minimum Gasteiger partial charge on any atom is -0.245 e. The Morgan fingerprint density at radius 3 is 1.87 bits per heavy atom. The number of rotatable bonds is 3. The second kappa shape index (κ2) is 12.7. The molecule has 122 valence electrons. The van der Waals surface area contributed by atoms with E-state index in [0.29, 0.717) is 5.15 Å². The van der Waals surface area contributed by atoms with E-state index >= 15 is 0 Å². The van der Waals surface area contributed by atoms with E-state index in [1.165, 1.54) is 19.3 Å². The van der Waals surface area contributed by atoms with Gasteiger partial charge in [-0.15, -0.1) is 21.8 Å². The predicted octanol–water partition coefficient (Wildman–Crippen LogP) is 6.31. The molecule has 0 radical (unpaired) electrons. The summed E-state index contributed by atoms with van der Waals surface area (Å²) in [6.45, 7) is 2.17. The van der Waals surface area contributed by atoms with Gasteiger partial charge in [0.2, 0.25) is 0 Å². The van der Waals surface area contributed by atoms with Gasteiger partial charge in [-0.25, -0.2) is 4.98 Å². The molecule has 0 N–H and O–H groups in total. The van der Waals surface area contributed by atoms with E-state index in [2.05, 4.69) is 32.4 Å². The monoisotopic (exact) mass is 351 g/mol. The van der Waals surface area contributed by atoms with Crippen LogP contribution in [0.5, 0.6) is 0 Å². The number of unbranched alkanes of at least 4 members (excludes halogenated alkanes) is 2. The van der Waals surface area contributed by atoms with Crippen LogP contribution >= 0.6 is 23.2 Å². The quantitative estimate of drug-likeness (QED) is 0.357. The lowest BCUT2D eigenvalue weighted by molar-refractivity contribution is 0.776. The minimum atomic E-state index is 0.544. The van der Waals surface area contributed by atoms with Crippen LogP contribution in [-0.4, -0.2) is 10.9 Å². The minimum absolute atomic E-state index is 0.544. The van der Waals surface area contributed by atoms with Crippen LogP contribution in [0.3, 0.4) is 0 Å². The van der Waals surface area contributed by atoms with E-state index in [9.17, 15) is 0 Å². The SMILES string of the molecule is C1=CC(=C2C=CN=N2)N=N1.CCCCCCl.Clc1ccccn1. The molecule has 0 aliphatic carbocycles. The van der Waals surface area contributed by atoms with Gasteiger partial charge in [0.25, 0.3) is 0 Å². The van der Waals surface area contributed by atoms with Crippen molar-refractivity contribution in [2.45, 2.75) is 26.2 Å². The number of halogens is 2. The summed E-state index contributed by atoms with van der Waals surface area (Å²) in [5.74, 6) is 0.827. The number of azo groups is 2. The molecule has 5 nitrogen and oxygen atoms in total. The van der Waals surface area contributed by atoms with Crippen LogP contribution in [0.2, 0.25) is 5.15 Å². The lowest BCUT2D eigenvalue weighted by Gasteiger charge is -1.85. The summed E-state index contributed by atoms with van der Waals surface area (Å²) in [6, 6.07) is 5.41.